The topological polar surface area (TPSA) is 115 Å². The summed E-state index contributed by atoms with van der Waals surface area (Å²) in [5.74, 6) is -0.0580. The van der Waals surface area contributed by atoms with Gasteiger partial charge >= 0.3 is 0 Å². The Bertz CT molecular complexity index is 630. The lowest BCUT2D eigenvalue weighted by molar-refractivity contribution is -0.388. The maximum absolute atomic E-state index is 11.9. The summed E-state index contributed by atoms with van der Waals surface area (Å²) in [5.41, 5.74) is 5.96. The number of nitro groups is 1. The molecule has 1 aliphatic rings. The molecule has 0 bridgehead atoms. The largest absolute Gasteiger partial charge is 0.328 e. The van der Waals surface area contributed by atoms with Gasteiger partial charge in [-0.05, 0) is 38.3 Å². The Morgan fingerprint density at radius 3 is 2.60 bits per heavy atom. The van der Waals surface area contributed by atoms with Gasteiger partial charge in [0.15, 0.2) is 4.90 Å². The second-order valence-corrected chi connectivity index (χ2v) is 6.78. The maximum atomic E-state index is 11.9. The molecule has 0 amide bonds. The molecule has 110 valence electrons. The highest BCUT2D eigenvalue weighted by atomic mass is 32.2. The quantitative estimate of drug-likeness (QED) is 0.638. The standard InChI is InChI=1S/C12H17N3O4S/c1-14-20(18,19)11-4-2-3-10(12(11)15(16)17)8-5-6-9(13)7-8/h2-4,8-9,14H,5-7,13H2,1H3/t8-,9+/m1/s1. The first-order valence-corrected chi connectivity index (χ1v) is 7.81. The van der Waals surface area contributed by atoms with E-state index in [0.717, 1.165) is 12.8 Å². The third-order valence-electron chi connectivity index (χ3n) is 3.68. The third-order valence-corrected chi connectivity index (χ3v) is 5.13. The fraction of sp³-hybridized carbons (Fsp3) is 0.500. The molecule has 0 spiro atoms. The number of nitro benzene ring substituents is 1. The average Bonchev–Trinajstić information content (AvgIpc) is 2.84. The summed E-state index contributed by atoms with van der Waals surface area (Å²) >= 11 is 0. The third kappa shape index (κ3) is 2.67. The first kappa shape index (κ1) is 14.9. The smallest absolute Gasteiger partial charge is 0.292 e. The van der Waals surface area contributed by atoms with Crippen molar-refractivity contribution >= 4 is 15.7 Å². The van der Waals surface area contributed by atoms with Crippen LogP contribution in [0.5, 0.6) is 0 Å². The number of hydrogen-bond acceptors (Lipinski definition) is 5. The Balaban J connectivity index is 2.59. The summed E-state index contributed by atoms with van der Waals surface area (Å²) in [6.45, 7) is 0. The molecule has 0 radical (unpaired) electrons. The van der Waals surface area contributed by atoms with Crippen LogP contribution in [-0.2, 0) is 10.0 Å². The van der Waals surface area contributed by atoms with E-state index in [-0.39, 0.29) is 22.5 Å². The van der Waals surface area contributed by atoms with Crippen LogP contribution in [0.1, 0.15) is 30.7 Å². The molecule has 2 atom stereocenters. The van der Waals surface area contributed by atoms with E-state index in [0.29, 0.717) is 12.0 Å². The lowest BCUT2D eigenvalue weighted by Crippen LogP contribution is -2.20. The molecule has 1 fully saturated rings. The summed E-state index contributed by atoms with van der Waals surface area (Å²) in [6.07, 6.45) is 2.18. The van der Waals surface area contributed by atoms with Crippen LogP contribution >= 0.6 is 0 Å². The van der Waals surface area contributed by atoms with E-state index in [1.807, 2.05) is 0 Å². The average molecular weight is 299 g/mol. The van der Waals surface area contributed by atoms with Crippen LogP contribution in [-0.4, -0.2) is 26.4 Å². The molecule has 7 nitrogen and oxygen atoms in total. The second kappa shape index (κ2) is 5.47. The number of hydrogen-bond donors (Lipinski definition) is 2. The summed E-state index contributed by atoms with van der Waals surface area (Å²) in [6, 6.07) is 4.43. The minimum Gasteiger partial charge on any atom is -0.328 e. The van der Waals surface area contributed by atoms with Gasteiger partial charge in [0, 0.05) is 11.6 Å². The highest BCUT2D eigenvalue weighted by molar-refractivity contribution is 7.89. The zero-order valence-corrected chi connectivity index (χ0v) is 11.9. The molecule has 0 aromatic heterocycles. The van der Waals surface area contributed by atoms with Gasteiger partial charge < -0.3 is 5.73 Å². The van der Waals surface area contributed by atoms with Crippen molar-refractivity contribution in [2.45, 2.75) is 36.1 Å². The SMILES string of the molecule is CNS(=O)(=O)c1cccc([C@@H]2CC[C@H](N)C2)c1[N+](=O)[O-]. The van der Waals surface area contributed by atoms with Crippen molar-refractivity contribution < 1.29 is 13.3 Å². The number of nitrogens with two attached hydrogens (primary N) is 1. The van der Waals surface area contributed by atoms with Gasteiger partial charge in [0.25, 0.3) is 5.69 Å². The number of nitrogens with zero attached hydrogens (tertiary/aromatic N) is 1. The number of sulfonamides is 1. The molecule has 2 rings (SSSR count). The first-order chi connectivity index (χ1) is 9.36. The van der Waals surface area contributed by atoms with Crippen molar-refractivity contribution in [3.05, 3.63) is 33.9 Å². The van der Waals surface area contributed by atoms with E-state index in [2.05, 4.69) is 4.72 Å². The zero-order chi connectivity index (χ0) is 14.9. The van der Waals surface area contributed by atoms with Gasteiger partial charge in [-0.2, -0.15) is 0 Å². The Kier molecular flexibility index (Phi) is 4.07. The molecule has 1 saturated carbocycles. The van der Waals surface area contributed by atoms with E-state index in [4.69, 9.17) is 5.73 Å². The van der Waals surface area contributed by atoms with Crippen molar-refractivity contribution in [3.63, 3.8) is 0 Å². The number of benzene rings is 1. The normalized spacial score (nSPS) is 22.9. The Morgan fingerprint density at radius 1 is 1.40 bits per heavy atom. The van der Waals surface area contributed by atoms with Crippen LogP contribution in [0.3, 0.4) is 0 Å². The van der Waals surface area contributed by atoms with E-state index >= 15 is 0 Å². The number of rotatable bonds is 4. The first-order valence-electron chi connectivity index (χ1n) is 6.33. The lowest BCUT2D eigenvalue weighted by Gasteiger charge is -2.13. The van der Waals surface area contributed by atoms with Crippen molar-refractivity contribution in [3.8, 4) is 0 Å². The monoisotopic (exact) mass is 299 g/mol. The fourth-order valence-electron chi connectivity index (χ4n) is 2.69. The number of para-hydroxylation sites is 1. The van der Waals surface area contributed by atoms with Gasteiger partial charge in [0.05, 0.1) is 4.92 Å². The summed E-state index contributed by atoms with van der Waals surface area (Å²) in [7, 11) is -2.63. The summed E-state index contributed by atoms with van der Waals surface area (Å²) in [5, 5.41) is 11.3. The molecular formula is C12H17N3O4S. The predicted molar refractivity (Wildman–Crippen MR) is 73.9 cm³/mol. The van der Waals surface area contributed by atoms with Crippen LogP contribution in [0.15, 0.2) is 23.1 Å². The van der Waals surface area contributed by atoms with E-state index < -0.39 is 14.9 Å². The molecule has 1 aromatic rings. The highest BCUT2D eigenvalue weighted by Crippen LogP contribution is 2.40. The Hall–Kier alpha value is -1.51. The molecule has 8 heteroatoms. The van der Waals surface area contributed by atoms with Crippen LogP contribution in [0.25, 0.3) is 0 Å². The van der Waals surface area contributed by atoms with Gasteiger partial charge in [-0.1, -0.05) is 12.1 Å². The highest BCUT2D eigenvalue weighted by Gasteiger charge is 2.33. The van der Waals surface area contributed by atoms with E-state index in [1.54, 1.807) is 6.07 Å². The molecule has 0 aliphatic heterocycles. The molecule has 1 aromatic carbocycles. The lowest BCUT2D eigenvalue weighted by atomic mass is 9.96. The fourth-order valence-corrected chi connectivity index (χ4v) is 3.61. The number of nitrogens with one attached hydrogen (secondary N) is 1. The van der Waals surface area contributed by atoms with E-state index in [1.165, 1.54) is 19.2 Å². The van der Waals surface area contributed by atoms with Crippen molar-refractivity contribution in [2.24, 2.45) is 5.73 Å². The van der Waals surface area contributed by atoms with Gasteiger partial charge in [-0.25, -0.2) is 13.1 Å². The van der Waals surface area contributed by atoms with Crippen LogP contribution in [0.2, 0.25) is 0 Å². The second-order valence-electron chi connectivity index (χ2n) is 4.93. The van der Waals surface area contributed by atoms with Crippen molar-refractivity contribution in [1.29, 1.82) is 0 Å². The van der Waals surface area contributed by atoms with Gasteiger partial charge in [0.2, 0.25) is 10.0 Å². The van der Waals surface area contributed by atoms with Gasteiger partial charge in [-0.15, -0.1) is 0 Å². The minimum atomic E-state index is -3.86. The van der Waals surface area contributed by atoms with Crippen LogP contribution in [0.4, 0.5) is 5.69 Å². The summed E-state index contributed by atoms with van der Waals surface area (Å²) < 4.78 is 26.0. The summed E-state index contributed by atoms with van der Waals surface area (Å²) in [4.78, 5) is 10.4. The molecule has 1 aliphatic carbocycles. The molecule has 0 heterocycles. The molecule has 20 heavy (non-hydrogen) atoms. The van der Waals surface area contributed by atoms with E-state index in [9.17, 15) is 18.5 Å². The maximum Gasteiger partial charge on any atom is 0.292 e. The van der Waals surface area contributed by atoms with Gasteiger partial charge in [0.1, 0.15) is 0 Å². The van der Waals surface area contributed by atoms with Crippen LogP contribution < -0.4 is 10.5 Å². The van der Waals surface area contributed by atoms with Gasteiger partial charge in [-0.3, -0.25) is 10.1 Å². The molecule has 0 saturated heterocycles. The van der Waals surface area contributed by atoms with Crippen LogP contribution in [0, 0.1) is 10.1 Å². The predicted octanol–water partition coefficient (Wildman–Crippen LogP) is 1.10. The van der Waals surface area contributed by atoms with Crippen molar-refractivity contribution in [2.75, 3.05) is 7.05 Å². The Labute approximate surface area is 117 Å². The molecular weight excluding hydrogens is 282 g/mol. The molecule has 0 unspecified atom stereocenters. The minimum absolute atomic E-state index is 0.0177. The molecule has 3 N–H and O–H groups in total. The Morgan fingerprint density at radius 2 is 2.10 bits per heavy atom. The zero-order valence-electron chi connectivity index (χ0n) is 11.1. The van der Waals surface area contributed by atoms with Crippen molar-refractivity contribution in [1.82, 2.24) is 4.72 Å².